The molecule has 3 aromatic rings. The first-order valence-electron chi connectivity index (χ1n) is 8.30. The van der Waals surface area contributed by atoms with E-state index in [2.05, 4.69) is 27.6 Å². The number of benzene rings is 2. The highest BCUT2D eigenvalue weighted by Crippen LogP contribution is 2.36. The summed E-state index contributed by atoms with van der Waals surface area (Å²) in [5.41, 5.74) is 2.83. The Labute approximate surface area is 164 Å². The van der Waals surface area contributed by atoms with Crippen LogP contribution in [0.4, 0.5) is 5.69 Å². The average Bonchev–Trinajstić information content (AvgIpc) is 2.88. The maximum atomic E-state index is 12.9. The Hall–Kier alpha value is -2.48. The molecule has 0 atom stereocenters. The highest BCUT2D eigenvalue weighted by molar-refractivity contribution is 14.1. The van der Waals surface area contributed by atoms with Gasteiger partial charge in [-0.2, -0.15) is 0 Å². The van der Waals surface area contributed by atoms with Crippen molar-refractivity contribution in [3.8, 4) is 0 Å². The second-order valence-electron chi connectivity index (χ2n) is 6.12. The number of hydrogen-bond acceptors (Lipinski definition) is 3. The summed E-state index contributed by atoms with van der Waals surface area (Å²) in [6, 6.07) is 13.3. The van der Waals surface area contributed by atoms with Gasteiger partial charge < -0.3 is 4.90 Å². The first-order valence-corrected chi connectivity index (χ1v) is 9.38. The van der Waals surface area contributed by atoms with E-state index in [0.717, 1.165) is 14.8 Å². The molecule has 0 bridgehead atoms. The quantitative estimate of drug-likeness (QED) is 0.437. The van der Waals surface area contributed by atoms with E-state index in [-0.39, 0.29) is 11.5 Å². The van der Waals surface area contributed by atoms with Crippen LogP contribution in [0.2, 0.25) is 0 Å². The van der Waals surface area contributed by atoms with Gasteiger partial charge in [0.2, 0.25) is 0 Å². The molecule has 0 N–H and O–H groups in total. The summed E-state index contributed by atoms with van der Waals surface area (Å²) in [6.07, 6.45) is 1.73. The highest BCUT2D eigenvalue weighted by atomic mass is 127. The molecule has 4 rings (SSSR count). The second kappa shape index (κ2) is 6.35. The van der Waals surface area contributed by atoms with Crippen molar-refractivity contribution in [3.63, 3.8) is 0 Å². The minimum atomic E-state index is -0.0918. The summed E-state index contributed by atoms with van der Waals surface area (Å²) in [5.74, 6) is 0.408. The molecule has 0 unspecified atom stereocenters. The maximum Gasteiger partial charge on any atom is 0.261 e. The number of aromatic nitrogens is 2. The lowest BCUT2D eigenvalue weighted by Gasteiger charge is -2.10. The number of carbonyl (C=O) groups is 1. The fourth-order valence-electron chi connectivity index (χ4n) is 3.29. The number of para-hydroxylation sites is 1. The first-order chi connectivity index (χ1) is 12.5. The van der Waals surface area contributed by atoms with Gasteiger partial charge >= 0.3 is 0 Å². The van der Waals surface area contributed by atoms with E-state index in [1.54, 1.807) is 22.6 Å². The van der Waals surface area contributed by atoms with Gasteiger partial charge in [0, 0.05) is 22.7 Å². The number of rotatable bonds is 2. The van der Waals surface area contributed by atoms with Gasteiger partial charge in [-0.25, -0.2) is 4.98 Å². The highest BCUT2D eigenvalue weighted by Gasteiger charge is 2.29. The Morgan fingerprint density at radius 3 is 2.69 bits per heavy atom. The number of nitrogens with zero attached hydrogens (tertiary/aromatic N) is 3. The van der Waals surface area contributed by atoms with Gasteiger partial charge in [-0.3, -0.25) is 14.2 Å². The molecule has 6 heteroatoms. The molecule has 0 saturated heterocycles. The van der Waals surface area contributed by atoms with Crippen molar-refractivity contribution < 1.29 is 4.79 Å². The summed E-state index contributed by atoms with van der Waals surface area (Å²) < 4.78 is 2.60. The van der Waals surface area contributed by atoms with Gasteiger partial charge in [-0.1, -0.05) is 18.2 Å². The Balaban J connectivity index is 1.98. The fourth-order valence-corrected chi connectivity index (χ4v) is 3.79. The summed E-state index contributed by atoms with van der Waals surface area (Å²) in [7, 11) is 1.75. The van der Waals surface area contributed by atoms with Crippen molar-refractivity contribution >= 4 is 56.7 Å². The minimum Gasteiger partial charge on any atom is -0.311 e. The lowest BCUT2D eigenvalue weighted by Crippen LogP contribution is -2.24. The van der Waals surface area contributed by atoms with Gasteiger partial charge in [0.25, 0.3) is 11.5 Å². The molecule has 1 amide bonds. The van der Waals surface area contributed by atoms with Crippen molar-refractivity contribution in [2.75, 3.05) is 11.9 Å². The number of likely N-dealkylation sites (N-methyl/N-ethyl adjacent to an activating group) is 1. The van der Waals surface area contributed by atoms with E-state index in [0.29, 0.717) is 28.8 Å². The number of fused-ring (bicyclic) bond motifs is 2. The van der Waals surface area contributed by atoms with Crippen molar-refractivity contribution in [2.45, 2.75) is 13.5 Å². The molecule has 2 heterocycles. The van der Waals surface area contributed by atoms with Crippen LogP contribution >= 0.6 is 22.6 Å². The zero-order valence-corrected chi connectivity index (χ0v) is 16.5. The summed E-state index contributed by atoms with van der Waals surface area (Å²) >= 11 is 2.18. The van der Waals surface area contributed by atoms with Gasteiger partial charge in [0.1, 0.15) is 5.82 Å². The summed E-state index contributed by atoms with van der Waals surface area (Å²) in [5, 5.41) is 0.594. The summed E-state index contributed by atoms with van der Waals surface area (Å²) in [4.78, 5) is 31.9. The van der Waals surface area contributed by atoms with E-state index in [1.807, 2.05) is 49.4 Å². The molecule has 1 aromatic heterocycles. The van der Waals surface area contributed by atoms with E-state index in [4.69, 9.17) is 0 Å². The van der Waals surface area contributed by atoms with Crippen molar-refractivity contribution in [2.24, 2.45) is 0 Å². The van der Waals surface area contributed by atoms with Crippen LogP contribution in [-0.2, 0) is 11.3 Å². The number of hydrogen-bond donors (Lipinski definition) is 0. The Morgan fingerprint density at radius 2 is 1.92 bits per heavy atom. The van der Waals surface area contributed by atoms with Crippen LogP contribution in [-0.4, -0.2) is 22.5 Å². The predicted molar refractivity (Wildman–Crippen MR) is 112 cm³/mol. The zero-order valence-electron chi connectivity index (χ0n) is 14.4. The number of anilines is 1. The van der Waals surface area contributed by atoms with Gasteiger partial charge in [0.15, 0.2) is 0 Å². The third-order valence-electron chi connectivity index (χ3n) is 4.63. The van der Waals surface area contributed by atoms with Gasteiger partial charge in [0.05, 0.1) is 22.2 Å². The number of amides is 1. The van der Waals surface area contributed by atoms with Crippen LogP contribution in [0.15, 0.2) is 47.3 Å². The Bertz CT molecular complexity index is 1150. The molecule has 1 aliphatic rings. The standard InChI is InChI=1S/C20H16IN3O2/c1-3-24-18(22-16-9-8-12(21)10-15(16)20(24)26)11-14-13-6-4-5-7-17(13)23(2)19(14)25/h4-11H,3H2,1-2H3. The fraction of sp³-hybridized carbons (Fsp3) is 0.150. The molecule has 26 heavy (non-hydrogen) atoms. The predicted octanol–water partition coefficient (Wildman–Crippen LogP) is 3.54. The van der Waals surface area contributed by atoms with E-state index in [9.17, 15) is 9.59 Å². The van der Waals surface area contributed by atoms with Crippen LogP contribution in [0, 0.1) is 3.57 Å². The lowest BCUT2D eigenvalue weighted by molar-refractivity contribution is -0.112. The van der Waals surface area contributed by atoms with Crippen LogP contribution in [0.3, 0.4) is 0 Å². The van der Waals surface area contributed by atoms with Crippen LogP contribution < -0.4 is 10.5 Å². The van der Waals surface area contributed by atoms with Gasteiger partial charge in [-0.15, -0.1) is 0 Å². The topological polar surface area (TPSA) is 55.2 Å². The first kappa shape index (κ1) is 17.0. The molecule has 2 aromatic carbocycles. The average molecular weight is 457 g/mol. The second-order valence-corrected chi connectivity index (χ2v) is 7.37. The molecular formula is C20H16IN3O2. The molecule has 0 saturated carbocycles. The SMILES string of the molecule is CCn1c(C=C2C(=O)N(C)c3ccccc32)nc2ccc(I)cc2c1=O. The number of halogens is 1. The van der Waals surface area contributed by atoms with E-state index >= 15 is 0 Å². The molecule has 0 fully saturated rings. The molecule has 0 radical (unpaired) electrons. The summed E-state index contributed by atoms with van der Waals surface area (Å²) in [6.45, 7) is 2.39. The third-order valence-corrected chi connectivity index (χ3v) is 5.30. The Morgan fingerprint density at radius 1 is 1.15 bits per heavy atom. The van der Waals surface area contributed by atoms with Crippen LogP contribution in [0.25, 0.3) is 22.6 Å². The van der Waals surface area contributed by atoms with E-state index < -0.39 is 0 Å². The molecular weight excluding hydrogens is 441 g/mol. The molecule has 0 aliphatic carbocycles. The van der Waals surface area contributed by atoms with Crippen LogP contribution in [0.5, 0.6) is 0 Å². The largest absolute Gasteiger partial charge is 0.311 e. The van der Waals surface area contributed by atoms with Crippen LogP contribution in [0.1, 0.15) is 18.3 Å². The molecule has 5 nitrogen and oxygen atoms in total. The third kappa shape index (κ3) is 2.56. The molecule has 130 valence electrons. The lowest BCUT2D eigenvalue weighted by atomic mass is 10.1. The van der Waals surface area contributed by atoms with Crippen molar-refractivity contribution in [3.05, 3.63) is 67.8 Å². The normalized spacial score (nSPS) is 15.1. The zero-order chi connectivity index (χ0) is 18.4. The smallest absolute Gasteiger partial charge is 0.261 e. The molecule has 0 spiro atoms. The van der Waals surface area contributed by atoms with Crippen molar-refractivity contribution in [1.29, 1.82) is 0 Å². The van der Waals surface area contributed by atoms with E-state index in [1.165, 1.54) is 0 Å². The monoisotopic (exact) mass is 457 g/mol. The Kier molecular flexibility index (Phi) is 4.14. The van der Waals surface area contributed by atoms with Crippen molar-refractivity contribution in [1.82, 2.24) is 9.55 Å². The minimum absolute atomic E-state index is 0.0880. The van der Waals surface area contributed by atoms with Gasteiger partial charge in [-0.05, 0) is 59.9 Å². The molecule has 1 aliphatic heterocycles. The maximum absolute atomic E-state index is 12.9. The number of carbonyl (C=O) groups excluding carboxylic acids is 1.